The van der Waals surface area contributed by atoms with E-state index >= 15 is 0 Å². The summed E-state index contributed by atoms with van der Waals surface area (Å²) in [5.41, 5.74) is 27.8. The van der Waals surface area contributed by atoms with Gasteiger partial charge in [0, 0.05) is 52.4 Å². The summed E-state index contributed by atoms with van der Waals surface area (Å²) < 4.78 is 0. The minimum atomic E-state index is -0.583. The summed E-state index contributed by atoms with van der Waals surface area (Å²) >= 11 is 0. The zero-order chi connectivity index (χ0) is 25.7. The van der Waals surface area contributed by atoms with Crippen LogP contribution in [-0.4, -0.2) is 21.1 Å². The summed E-state index contributed by atoms with van der Waals surface area (Å²) in [5, 5.41) is 10.3. The molecule has 0 saturated carbocycles. The van der Waals surface area contributed by atoms with Gasteiger partial charge in [-0.1, -0.05) is 72.8 Å². The number of benzene rings is 3. The molecule has 1 unspecified atom stereocenters. The summed E-state index contributed by atoms with van der Waals surface area (Å²) in [6.07, 6.45) is 2.32. The summed E-state index contributed by atoms with van der Waals surface area (Å²) in [7, 11) is 5.90. The number of hydrogen-bond acceptors (Lipinski definition) is 6. The Bertz CT molecular complexity index is 1160. The molecule has 1 atom stereocenters. The van der Waals surface area contributed by atoms with Gasteiger partial charge in [0.25, 0.3) is 0 Å². The molecule has 0 fully saturated rings. The minimum absolute atomic E-state index is 0.0542. The van der Waals surface area contributed by atoms with E-state index in [9.17, 15) is 0 Å². The number of allylic oxidation sites excluding steroid dienone is 1. The van der Waals surface area contributed by atoms with Crippen molar-refractivity contribution in [2.24, 2.45) is 23.1 Å². The van der Waals surface area contributed by atoms with Gasteiger partial charge in [0.2, 0.25) is 0 Å². The van der Waals surface area contributed by atoms with Crippen molar-refractivity contribution in [3.05, 3.63) is 129 Å². The number of nitrogens with two attached hydrogens (primary N) is 3. The van der Waals surface area contributed by atoms with E-state index in [4.69, 9.17) is 17.2 Å². The summed E-state index contributed by atoms with van der Waals surface area (Å²) in [4.78, 5) is 0. The Hall–Kier alpha value is -3.58. The molecule has 6 nitrogen and oxygen atoms in total. The fourth-order valence-corrected chi connectivity index (χ4v) is 5.60. The Morgan fingerprint density at radius 1 is 0.639 bits per heavy atom. The number of nitrogens with one attached hydrogen (secondary N) is 3. The quantitative estimate of drug-likeness (QED) is 0.248. The van der Waals surface area contributed by atoms with Crippen molar-refractivity contribution in [1.29, 1.82) is 0 Å². The first kappa shape index (κ1) is 25.5. The monoisotopic (exact) mass is 482 g/mol. The van der Waals surface area contributed by atoms with Crippen LogP contribution in [0.5, 0.6) is 0 Å². The van der Waals surface area contributed by atoms with Crippen molar-refractivity contribution in [3.8, 4) is 0 Å². The van der Waals surface area contributed by atoms with Gasteiger partial charge in [-0.05, 0) is 39.5 Å². The molecule has 3 aromatic carbocycles. The fourth-order valence-electron chi connectivity index (χ4n) is 5.60. The molecule has 0 spiro atoms. The van der Waals surface area contributed by atoms with E-state index in [-0.39, 0.29) is 5.92 Å². The van der Waals surface area contributed by atoms with Crippen LogP contribution in [0.1, 0.15) is 33.4 Å². The van der Waals surface area contributed by atoms with E-state index in [2.05, 4.69) is 94.8 Å². The van der Waals surface area contributed by atoms with Crippen molar-refractivity contribution in [1.82, 2.24) is 16.0 Å². The van der Waals surface area contributed by atoms with Crippen LogP contribution in [0.15, 0.2) is 96.0 Å². The average Bonchev–Trinajstić information content (AvgIpc) is 3.31. The molecule has 6 heteroatoms. The highest BCUT2D eigenvalue weighted by molar-refractivity contribution is 5.59. The third-order valence-corrected chi connectivity index (χ3v) is 7.29. The molecule has 1 aliphatic carbocycles. The largest absolute Gasteiger partial charge is 0.389 e. The highest BCUT2D eigenvalue weighted by atomic mass is 15.0. The Balaban J connectivity index is 2.19. The molecule has 0 aromatic heterocycles. The van der Waals surface area contributed by atoms with Gasteiger partial charge in [-0.15, -0.1) is 0 Å². The van der Waals surface area contributed by atoms with Crippen LogP contribution >= 0.6 is 0 Å². The van der Waals surface area contributed by atoms with Gasteiger partial charge in [0.1, 0.15) is 0 Å². The lowest BCUT2D eigenvalue weighted by atomic mass is 9.60. The normalized spacial score (nSPS) is 15.6. The Morgan fingerprint density at radius 2 is 1.08 bits per heavy atom. The van der Waals surface area contributed by atoms with E-state index in [1.807, 2.05) is 21.1 Å². The second-order valence-electron chi connectivity index (χ2n) is 9.12. The lowest BCUT2D eigenvalue weighted by Crippen LogP contribution is -2.40. The van der Waals surface area contributed by atoms with Gasteiger partial charge >= 0.3 is 0 Å². The van der Waals surface area contributed by atoms with E-state index < -0.39 is 5.41 Å². The molecule has 0 bridgehead atoms. The van der Waals surface area contributed by atoms with Crippen LogP contribution in [0, 0.1) is 5.92 Å². The summed E-state index contributed by atoms with van der Waals surface area (Å²) in [5.74, 6) is -0.0542. The lowest BCUT2D eigenvalue weighted by molar-refractivity contribution is 0.484. The molecule has 0 radical (unpaired) electrons. The summed E-state index contributed by atoms with van der Waals surface area (Å²) in [6.45, 7) is 1.40. The first-order chi connectivity index (χ1) is 17.6. The highest BCUT2D eigenvalue weighted by Crippen LogP contribution is 2.51. The molecule has 9 N–H and O–H groups in total. The van der Waals surface area contributed by atoms with Gasteiger partial charge < -0.3 is 33.2 Å². The topological polar surface area (TPSA) is 114 Å². The Kier molecular flexibility index (Phi) is 7.79. The molecule has 3 aromatic rings. The number of likely N-dealkylation sites (N-methyl/N-ethyl adjacent to an activating group) is 2. The molecular weight excluding hydrogens is 444 g/mol. The third-order valence-electron chi connectivity index (χ3n) is 7.29. The SMILES string of the molecule is CNC1=CC(C(c2cccc(CN)c2)(c2cccc(CN)c2)c2cccc(CN)c2)C(NC)=C1NC. The maximum absolute atomic E-state index is 6.14. The van der Waals surface area contributed by atoms with Gasteiger partial charge in [0.05, 0.1) is 16.8 Å². The highest BCUT2D eigenvalue weighted by Gasteiger charge is 2.47. The maximum atomic E-state index is 6.14. The number of hydrogen-bond donors (Lipinski definition) is 6. The van der Waals surface area contributed by atoms with Crippen molar-refractivity contribution in [3.63, 3.8) is 0 Å². The zero-order valence-electron chi connectivity index (χ0n) is 21.4. The second-order valence-corrected chi connectivity index (χ2v) is 9.12. The molecular formula is C30H38N6. The predicted molar refractivity (Wildman–Crippen MR) is 149 cm³/mol. The molecule has 188 valence electrons. The molecule has 0 saturated heterocycles. The lowest BCUT2D eigenvalue weighted by Gasteiger charge is -2.42. The Morgan fingerprint density at radius 3 is 1.42 bits per heavy atom. The first-order valence-electron chi connectivity index (χ1n) is 12.4. The van der Waals surface area contributed by atoms with E-state index in [0.717, 1.165) is 50.5 Å². The molecule has 0 heterocycles. The van der Waals surface area contributed by atoms with Crippen LogP contribution in [0.4, 0.5) is 0 Å². The summed E-state index contributed by atoms with van der Waals surface area (Å²) in [6, 6.07) is 25.9. The van der Waals surface area contributed by atoms with Crippen LogP contribution in [-0.2, 0) is 25.0 Å². The van der Waals surface area contributed by atoms with E-state index in [0.29, 0.717) is 19.6 Å². The average molecular weight is 483 g/mol. The van der Waals surface area contributed by atoms with Gasteiger partial charge in [-0.25, -0.2) is 0 Å². The van der Waals surface area contributed by atoms with Crippen LogP contribution in [0.3, 0.4) is 0 Å². The van der Waals surface area contributed by atoms with E-state index in [1.54, 1.807) is 0 Å². The molecule has 0 amide bonds. The minimum Gasteiger partial charge on any atom is -0.389 e. The van der Waals surface area contributed by atoms with Crippen molar-refractivity contribution < 1.29 is 0 Å². The van der Waals surface area contributed by atoms with Crippen LogP contribution in [0.2, 0.25) is 0 Å². The molecule has 36 heavy (non-hydrogen) atoms. The molecule has 1 aliphatic rings. The van der Waals surface area contributed by atoms with Gasteiger partial charge in [-0.3, -0.25) is 0 Å². The molecule has 4 rings (SSSR count). The van der Waals surface area contributed by atoms with Crippen molar-refractivity contribution in [2.75, 3.05) is 21.1 Å². The third kappa shape index (κ3) is 4.28. The predicted octanol–water partition coefficient (Wildman–Crippen LogP) is 2.78. The van der Waals surface area contributed by atoms with Crippen molar-refractivity contribution >= 4 is 0 Å². The number of rotatable bonds is 10. The van der Waals surface area contributed by atoms with Crippen molar-refractivity contribution in [2.45, 2.75) is 25.0 Å². The van der Waals surface area contributed by atoms with Gasteiger partial charge in [0.15, 0.2) is 0 Å². The van der Waals surface area contributed by atoms with Crippen LogP contribution < -0.4 is 33.2 Å². The standard InChI is InChI=1S/C30H38N6/c1-34-27-16-26(28(35-2)29(27)36-3)30(23-10-4-7-20(13-23)17-31,24-11-5-8-21(14-24)18-32)25-12-6-9-22(15-25)19-33/h4-16,26,34-36H,17-19,31-33H2,1-3H3. The fraction of sp³-hybridized carbons (Fsp3) is 0.267. The second kappa shape index (κ2) is 11.0. The zero-order valence-corrected chi connectivity index (χ0v) is 21.4. The first-order valence-corrected chi connectivity index (χ1v) is 12.4. The smallest absolute Gasteiger partial charge is 0.0769 e. The maximum Gasteiger partial charge on any atom is 0.0769 e. The molecule has 0 aliphatic heterocycles. The van der Waals surface area contributed by atoms with Gasteiger partial charge in [-0.2, -0.15) is 0 Å². The Labute approximate surface area is 214 Å². The van der Waals surface area contributed by atoms with E-state index in [1.165, 1.54) is 0 Å². The van der Waals surface area contributed by atoms with Crippen LogP contribution in [0.25, 0.3) is 0 Å².